The van der Waals surface area contributed by atoms with Gasteiger partial charge in [0.05, 0.1) is 6.21 Å². The molecule has 4 rings (SSSR count). The number of aromatic nitrogens is 3. The van der Waals surface area contributed by atoms with Gasteiger partial charge >= 0.3 is 5.97 Å². The number of carbonyl (C=O) groups is 1. The summed E-state index contributed by atoms with van der Waals surface area (Å²) in [6, 6.07) is 26.0. The van der Waals surface area contributed by atoms with Crippen LogP contribution in [0.25, 0.3) is 0 Å². The first kappa shape index (κ1) is 22.2. The molecule has 1 aromatic heterocycles. The van der Waals surface area contributed by atoms with Gasteiger partial charge in [-0.2, -0.15) is 20.1 Å². The van der Waals surface area contributed by atoms with Gasteiger partial charge < -0.3 is 20.5 Å². The van der Waals surface area contributed by atoms with Crippen molar-refractivity contribution >= 4 is 41.4 Å². The van der Waals surface area contributed by atoms with Gasteiger partial charge in [0.2, 0.25) is 17.8 Å². The van der Waals surface area contributed by atoms with Gasteiger partial charge in [-0.15, -0.1) is 0 Å². The highest BCUT2D eigenvalue weighted by Gasteiger charge is 2.08. The third-order valence-electron chi connectivity index (χ3n) is 4.33. The first-order valence-electron chi connectivity index (χ1n) is 10.3. The highest BCUT2D eigenvalue weighted by atomic mass is 16.5. The van der Waals surface area contributed by atoms with Crippen molar-refractivity contribution in [3.05, 3.63) is 90.5 Å². The molecule has 10 nitrogen and oxygen atoms in total. The number of nitrogens with one attached hydrogen (secondary N) is 3. The molecular weight excluding hydrogens is 434 g/mol. The Labute approximate surface area is 195 Å². The van der Waals surface area contributed by atoms with E-state index in [-0.39, 0.29) is 5.95 Å². The number of hydrazone groups is 1. The molecule has 1 heterocycles. The van der Waals surface area contributed by atoms with E-state index in [4.69, 9.17) is 9.84 Å². The number of hydrogen-bond donors (Lipinski definition) is 4. The van der Waals surface area contributed by atoms with Crippen LogP contribution in [0.5, 0.6) is 5.75 Å². The minimum absolute atomic E-state index is 0.201. The van der Waals surface area contributed by atoms with E-state index in [9.17, 15) is 4.79 Å². The Bertz CT molecular complexity index is 1210. The Morgan fingerprint density at radius 1 is 0.794 bits per heavy atom. The zero-order valence-electron chi connectivity index (χ0n) is 17.9. The van der Waals surface area contributed by atoms with E-state index in [0.29, 0.717) is 23.2 Å². The Hall–Kier alpha value is -4.99. The third-order valence-corrected chi connectivity index (χ3v) is 4.33. The summed E-state index contributed by atoms with van der Waals surface area (Å²) in [5, 5.41) is 19.3. The highest BCUT2D eigenvalue weighted by molar-refractivity contribution is 5.84. The highest BCUT2D eigenvalue weighted by Crippen LogP contribution is 2.19. The molecular formula is C24H21N7O3. The molecule has 4 N–H and O–H groups in total. The fraction of sp³-hybridized carbons (Fsp3) is 0.0417. The van der Waals surface area contributed by atoms with E-state index in [1.165, 1.54) is 6.21 Å². The standard InChI is InChI=1S/C24H21N7O3/c32-21(33)16-34-20-14-8-7-9-17(20)15-25-31-24-29-22(26-18-10-3-1-4-11-18)28-23(30-24)27-19-12-5-2-6-13-19/h1-15H,16H2,(H,32,33)(H3,26,27,28,29,30,31). The summed E-state index contributed by atoms with van der Waals surface area (Å²) in [4.78, 5) is 24.0. The molecule has 0 unspecified atom stereocenters. The predicted molar refractivity (Wildman–Crippen MR) is 130 cm³/mol. The predicted octanol–water partition coefficient (Wildman–Crippen LogP) is 4.27. The summed E-state index contributed by atoms with van der Waals surface area (Å²) in [6.45, 7) is -0.450. The van der Waals surface area contributed by atoms with Crippen LogP contribution >= 0.6 is 0 Å². The molecule has 170 valence electrons. The molecule has 0 saturated heterocycles. The Balaban J connectivity index is 1.55. The molecule has 4 aromatic rings. The minimum Gasteiger partial charge on any atom is -0.481 e. The third kappa shape index (κ3) is 6.50. The van der Waals surface area contributed by atoms with Crippen molar-refractivity contribution in [3.63, 3.8) is 0 Å². The number of carboxylic acids is 1. The lowest BCUT2D eigenvalue weighted by atomic mass is 10.2. The molecule has 0 bridgehead atoms. The van der Waals surface area contributed by atoms with E-state index < -0.39 is 12.6 Å². The smallest absolute Gasteiger partial charge is 0.341 e. The van der Waals surface area contributed by atoms with Crippen molar-refractivity contribution in [2.24, 2.45) is 5.10 Å². The van der Waals surface area contributed by atoms with Crippen LogP contribution < -0.4 is 20.8 Å². The molecule has 0 aliphatic carbocycles. The van der Waals surface area contributed by atoms with E-state index in [1.54, 1.807) is 24.3 Å². The second-order valence-electron chi connectivity index (χ2n) is 6.88. The second kappa shape index (κ2) is 11.0. The van der Waals surface area contributed by atoms with Crippen LogP contribution in [0, 0.1) is 0 Å². The van der Waals surface area contributed by atoms with Crippen LogP contribution in [0.15, 0.2) is 90.0 Å². The van der Waals surface area contributed by atoms with Crippen molar-refractivity contribution in [1.82, 2.24) is 15.0 Å². The number of anilines is 5. The number of nitrogens with zero attached hydrogens (tertiary/aromatic N) is 4. The molecule has 3 aromatic carbocycles. The van der Waals surface area contributed by atoms with Gasteiger partial charge in [0, 0.05) is 16.9 Å². The van der Waals surface area contributed by atoms with Crippen LogP contribution in [0.2, 0.25) is 0 Å². The van der Waals surface area contributed by atoms with Gasteiger partial charge in [0.25, 0.3) is 0 Å². The molecule has 0 atom stereocenters. The molecule has 0 saturated carbocycles. The van der Waals surface area contributed by atoms with E-state index in [0.717, 1.165) is 11.4 Å². The molecule has 0 aliphatic rings. The first-order chi connectivity index (χ1) is 16.7. The number of benzene rings is 3. The fourth-order valence-corrected chi connectivity index (χ4v) is 2.86. The van der Waals surface area contributed by atoms with E-state index >= 15 is 0 Å². The minimum atomic E-state index is -1.06. The van der Waals surface area contributed by atoms with Crippen molar-refractivity contribution in [1.29, 1.82) is 0 Å². The summed E-state index contributed by atoms with van der Waals surface area (Å²) in [6.07, 6.45) is 1.50. The lowest BCUT2D eigenvalue weighted by Crippen LogP contribution is -2.10. The zero-order valence-corrected chi connectivity index (χ0v) is 17.9. The molecule has 34 heavy (non-hydrogen) atoms. The normalized spacial score (nSPS) is 10.6. The van der Waals surface area contributed by atoms with Crippen LogP contribution in [0.4, 0.5) is 29.2 Å². The molecule has 0 radical (unpaired) electrons. The van der Waals surface area contributed by atoms with Gasteiger partial charge in [0.1, 0.15) is 5.75 Å². The summed E-state index contributed by atoms with van der Waals surface area (Å²) >= 11 is 0. The largest absolute Gasteiger partial charge is 0.481 e. The van der Waals surface area contributed by atoms with Crippen LogP contribution in [0.3, 0.4) is 0 Å². The molecule has 0 spiro atoms. The monoisotopic (exact) mass is 455 g/mol. The van der Waals surface area contributed by atoms with E-state index in [1.807, 2.05) is 60.7 Å². The topological polar surface area (TPSA) is 134 Å². The van der Waals surface area contributed by atoms with Gasteiger partial charge in [0.15, 0.2) is 6.61 Å². The number of hydrogen-bond acceptors (Lipinski definition) is 9. The molecule has 0 aliphatic heterocycles. The summed E-state index contributed by atoms with van der Waals surface area (Å²) in [5.74, 6) is 0.174. The van der Waals surface area contributed by atoms with Gasteiger partial charge in [-0.1, -0.05) is 48.5 Å². The molecule has 0 amide bonds. The summed E-state index contributed by atoms with van der Waals surface area (Å²) in [5.41, 5.74) is 5.02. The zero-order chi connectivity index (χ0) is 23.6. The number of aliphatic carboxylic acids is 1. The Kier molecular flexibility index (Phi) is 7.22. The maximum Gasteiger partial charge on any atom is 0.341 e. The average molecular weight is 455 g/mol. The Morgan fingerprint density at radius 2 is 1.32 bits per heavy atom. The SMILES string of the molecule is O=C(O)COc1ccccc1C=NNc1nc(Nc2ccccc2)nc(Nc2ccccc2)n1. The number of para-hydroxylation sites is 3. The van der Waals surface area contributed by atoms with Gasteiger partial charge in [-0.05, 0) is 36.4 Å². The molecule has 10 heteroatoms. The maximum atomic E-state index is 10.8. The van der Waals surface area contributed by atoms with Crippen LogP contribution in [0.1, 0.15) is 5.56 Å². The number of ether oxygens (including phenoxy) is 1. The lowest BCUT2D eigenvalue weighted by Gasteiger charge is -2.10. The van der Waals surface area contributed by atoms with Gasteiger partial charge in [-0.25, -0.2) is 10.2 Å². The summed E-state index contributed by atoms with van der Waals surface area (Å²) in [7, 11) is 0. The fourth-order valence-electron chi connectivity index (χ4n) is 2.86. The quantitative estimate of drug-likeness (QED) is 0.204. The van der Waals surface area contributed by atoms with E-state index in [2.05, 4.69) is 36.1 Å². The summed E-state index contributed by atoms with van der Waals surface area (Å²) < 4.78 is 5.29. The lowest BCUT2D eigenvalue weighted by molar-refractivity contribution is -0.139. The molecule has 0 fully saturated rings. The number of carboxylic acid groups (broad SMARTS) is 1. The van der Waals surface area contributed by atoms with Crippen molar-refractivity contribution in [2.45, 2.75) is 0 Å². The maximum absolute atomic E-state index is 10.8. The van der Waals surface area contributed by atoms with Crippen LogP contribution in [-0.2, 0) is 4.79 Å². The van der Waals surface area contributed by atoms with Crippen molar-refractivity contribution in [3.8, 4) is 5.75 Å². The average Bonchev–Trinajstić information content (AvgIpc) is 2.84. The van der Waals surface area contributed by atoms with Crippen molar-refractivity contribution < 1.29 is 14.6 Å². The Morgan fingerprint density at radius 3 is 1.91 bits per heavy atom. The van der Waals surface area contributed by atoms with Crippen molar-refractivity contribution in [2.75, 3.05) is 22.7 Å². The number of rotatable bonds is 10. The first-order valence-corrected chi connectivity index (χ1v) is 10.3. The van der Waals surface area contributed by atoms with Gasteiger partial charge in [-0.3, -0.25) is 0 Å². The second-order valence-corrected chi connectivity index (χ2v) is 6.88. The van der Waals surface area contributed by atoms with Crippen LogP contribution in [-0.4, -0.2) is 38.8 Å².